The maximum Gasteiger partial charge on any atom is 0.247 e. The Bertz CT molecular complexity index is 969. The highest BCUT2D eigenvalue weighted by atomic mass is 16.5. The number of likely N-dealkylation sites (N-methyl/N-ethyl adjacent to an activating group) is 1. The zero-order chi connectivity index (χ0) is 26.8. The fourth-order valence-electron chi connectivity index (χ4n) is 4.98. The molecule has 2 aromatic rings. The van der Waals surface area contributed by atoms with Crippen LogP contribution in [0.1, 0.15) is 76.5 Å². The number of anilines is 1. The molecule has 1 saturated carbocycles. The second-order valence-corrected chi connectivity index (χ2v) is 11.2. The van der Waals surface area contributed by atoms with Gasteiger partial charge < -0.3 is 25.1 Å². The number of nitrogens with zero attached hydrogens (tertiary/aromatic N) is 2. The number of pyridine rings is 1. The molecule has 1 aliphatic carbocycles. The fraction of sp³-hybridized carbons (Fsp3) is 0.567. The smallest absolute Gasteiger partial charge is 0.247 e. The molecule has 3 unspecified atom stereocenters. The van der Waals surface area contributed by atoms with Gasteiger partial charge in [0.15, 0.2) is 0 Å². The normalized spacial score (nSPS) is 20.9. The van der Waals surface area contributed by atoms with Crippen LogP contribution in [0.4, 0.5) is 5.69 Å². The van der Waals surface area contributed by atoms with E-state index in [0.29, 0.717) is 0 Å². The average molecular weight is 509 g/mol. The molecular formula is C30H44N4O3. The molecule has 202 valence electrons. The van der Waals surface area contributed by atoms with Gasteiger partial charge in [-0.3, -0.25) is 9.78 Å². The number of carbonyl (C=O) groups excluding carboxylic acids is 2. The van der Waals surface area contributed by atoms with Crippen LogP contribution in [0.5, 0.6) is 0 Å². The number of nitrogens with one attached hydrogen (secondary N) is 2. The van der Waals surface area contributed by atoms with Gasteiger partial charge in [-0.2, -0.15) is 0 Å². The second-order valence-electron chi connectivity index (χ2n) is 11.2. The van der Waals surface area contributed by atoms with Crippen molar-refractivity contribution in [2.75, 3.05) is 25.6 Å². The molecule has 2 N–H and O–H groups in total. The molecule has 7 heteroatoms. The second kappa shape index (κ2) is 13.7. The molecule has 2 heterocycles. The van der Waals surface area contributed by atoms with Crippen molar-refractivity contribution in [1.82, 2.24) is 15.6 Å². The van der Waals surface area contributed by atoms with Gasteiger partial charge in [-0.1, -0.05) is 58.2 Å². The molecule has 37 heavy (non-hydrogen) atoms. The van der Waals surface area contributed by atoms with Crippen LogP contribution in [0.15, 0.2) is 48.8 Å². The fourth-order valence-corrected chi connectivity index (χ4v) is 4.98. The van der Waals surface area contributed by atoms with Gasteiger partial charge in [-0.25, -0.2) is 0 Å². The molecule has 0 radical (unpaired) electrons. The number of carbonyl (C=O) groups is 2. The number of aldehydes is 1. The Morgan fingerprint density at radius 2 is 1.86 bits per heavy atom. The van der Waals surface area contributed by atoms with Gasteiger partial charge in [-0.05, 0) is 48.4 Å². The molecule has 2 aliphatic rings. The van der Waals surface area contributed by atoms with Gasteiger partial charge in [0.25, 0.3) is 0 Å². The number of benzene rings is 1. The van der Waals surface area contributed by atoms with Crippen molar-refractivity contribution in [2.45, 2.75) is 88.9 Å². The van der Waals surface area contributed by atoms with E-state index in [4.69, 9.17) is 4.74 Å². The minimum absolute atomic E-state index is 0.0231. The van der Waals surface area contributed by atoms with E-state index in [1.807, 2.05) is 19.2 Å². The first-order chi connectivity index (χ1) is 17.7. The molecule has 0 spiro atoms. The average Bonchev–Trinajstić information content (AvgIpc) is 3.38. The lowest BCUT2D eigenvalue weighted by Gasteiger charge is -2.32. The summed E-state index contributed by atoms with van der Waals surface area (Å²) < 4.78 is 5.02. The van der Waals surface area contributed by atoms with E-state index in [0.717, 1.165) is 43.3 Å². The van der Waals surface area contributed by atoms with Crippen LogP contribution in [0, 0.1) is 0 Å². The standard InChI is InChI=1S/C24H33N3O.C6H11NO2/c1-24(2,3)19-12-14-21(15-13-19)27(4)22(18-9-8-16-25-17-18)23(28)26-20-10-6-5-7-11-20;1-9-6-2-5(4-8)7-3-6/h8-9,12-17,20,22H,5-7,10-11H2,1-4H3,(H,26,28);4-7H,2-3H2,1H3. The zero-order valence-corrected chi connectivity index (χ0v) is 23.1. The van der Waals surface area contributed by atoms with Crippen molar-refractivity contribution in [2.24, 2.45) is 0 Å². The maximum absolute atomic E-state index is 13.3. The Balaban J connectivity index is 0.000000356. The molecule has 4 rings (SSSR count). The summed E-state index contributed by atoms with van der Waals surface area (Å²) in [6, 6.07) is 12.3. The summed E-state index contributed by atoms with van der Waals surface area (Å²) in [4.78, 5) is 29.7. The maximum atomic E-state index is 13.3. The van der Waals surface area contributed by atoms with Crippen LogP contribution in [-0.2, 0) is 19.7 Å². The number of rotatable bonds is 7. The minimum Gasteiger partial charge on any atom is -0.380 e. The van der Waals surface area contributed by atoms with Crippen molar-refractivity contribution in [3.8, 4) is 0 Å². The Labute approximate surface area is 222 Å². The molecule has 7 nitrogen and oxygen atoms in total. The lowest BCUT2D eigenvalue weighted by atomic mass is 9.87. The van der Waals surface area contributed by atoms with Gasteiger partial charge in [0.05, 0.1) is 12.1 Å². The summed E-state index contributed by atoms with van der Waals surface area (Å²) in [5.41, 5.74) is 3.34. The van der Waals surface area contributed by atoms with Crippen molar-refractivity contribution in [3.05, 3.63) is 59.9 Å². The highest BCUT2D eigenvalue weighted by Gasteiger charge is 2.28. The molecule has 1 amide bonds. The molecule has 2 fully saturated rings. The van der Waals surface area contributed by atoms with Gasteiger partial charge in [0, 0.05) is 50.4 Å². The first kappa shape index (κ1) is 28.8. The van der Waals surface area contributed by atoms with Gasteiger partial charge >= 0.3 is 0 Å². The van der Waals surface area contributed by atoms with Crippen molar-refractivity contribution in [1.29, 1.82) is 0 Å². The van der Waals surface area contributed by atoms with Crippen LogP contribution >= 0.6 is 0 Å². The quantitative estimate of drug-likeness (QED) is 0.533. The Morgan fingerprint density at radius 1 is 1.16 bits per heavy atom. The number of hydrogen-bond donors (Lipinski definition) is 2. The predicted molar refractivity (Wildman–Crippen MR) is 149 cm³/mol. The zero-order valence-electron chi connectivity index (χ0n) is 23.1. The van der Waals surface area contributed by atoms with Crippen LogP contribution in [0.2, 0.25) is 0 Å². The Hall–Kier alpha value is -2.77. The van der Waals surface area contributed by atoms with Crippen LogP contribution in [-0.4, -0.2) is 56.1 Å². The monoisotopic (exact) mass is 508 g/mol. The summed E-state index contributed by atoms with van der Waals surface area (Å²) >= 11 is 0. The molecule has 1 aromatic heterocycles. The minimum atomic E-state index is -0.392. The molecule has 3 atom stereocenters. The number of methoxy groups -OCH3 is 1. The van der Waals surface area contributed by atoms with E-state index in [9.17, 15) is 9.59 Å². The number of aromatic nitrogens is 1. The van der Waals surface area contributed by atoms with E-state index in [2.05, 4.69) is 65.6 Å². The van der Waals surface area contributed by atoms with E-state index in [1.165, 1.54) is 24.8 Å². The third kappa shape index (κ3) is 8.37. The number of ether oxygens (including phenoxy) is 1. The summed E-state index contributed by atoms with van der Waals surface area (Å²) in [5, 5.41) is 6.31. The van der Waals surface area contributed by atoms with Crippen molar-refractivity contribution >= 4 is 17.9 Å². The molecular weight excluding hydrogens is 464 g/mol. The Kier molecular flexibility index (Phi) is 10.6. The SMILES string of the molecule is CN(c1ccc(C(C)(C)C)cc1)C(C(=O)NC1CCCCC1)c1cccnc1.COC1CNC(C=O)C1. The van der Waals surface area contributed by atoms with Gasteiger partial charge in [0.2, 0.25) is 5.91 Å². The van der Waals surface area contributed by atoms with Crippen molar-refractivity contribution in [3.63, 3.8) is 0 Å². The third-order valence-corrected chi connectivity index (χ3v) is 7.35. The van der Waals surface area contributed by atoms with Crippen LogP contribution < -0.4 is 15.5 Å². The largest absolute Gasteiger partial charge is 0.380 e. The van der Waals surface area contributed by atoms with Crippen LogP contribution in [0.3, 0.4) is 0 Å². The van der Waals surface area contributed by atoms with Gasteiger partial charge in [-0.15, -0.1) is 0 Å². The highest BCUT2D eigenvalue weighted by Crippen LogP contribution is 2.29. The predicted octanol–water partition coefficient (Wildman–Crippen LogP) is 4.57. The summed E-state index contributed by atoms with van der Waals surface area (Å²) in [6.07, 6.45) is 11.4. The summed E-state index contributed by atoms with van der Waals surface area (Å²) in [6.45, 7) is 7.44. The Morgan fingerprint density at radius 3 is 2.38 bits per heavy atom. The highest BCUT2D eigenvalue weighted by molar-refractivity contribution is 5.86. The van der Waals surface area contributed by atoms with E-state index < -0.39 is 6.04 Å². The van der Waals surface area contributed by atoms with E-state index in [-0.39, 0.29) is 29.5 Å². The molecule has 1 aliphatic heterocycles. The molecule has 0 bridgehead atoms. The first-order valence-electron chi connectivity index (χ1n) is 13.5. The molecule has 1 aromatic carbocycles. The number of amides is 1. The van der Waals surface area contributed by atoms with E-state index >= 15 is 0 Å². The number of hydrogen-bond acceptors (Lipinski definition) is 6. The lowest BCUT2D eigenvalue weighted by molar-refractivity contribution is -0.123. The third-order valence-electron chi connectivity index (χ3n) is 7.35. The lowest BCUT2D eigenvalue weighted by Crippen LogP contribution is -2.44. The summed E-state index contributed by atoms with van der Waals surface area (Å²) in [7, 11) is 3.66. The van der Waals surface area contributed by atoms with E-state index in [1.54, 1.807) is 19.5 Å². The molecule has 1 saturated heterocycles. The summed E-state index contributed by atoms with van der Waals surface area (Å²) in [5.74, 6) is 0.0577. The van der Waals surface area contributed by atoms with Crippen LogP contribution in [0.25, 0.3) is 0 Å². The topological polar surface area (TPSA) is 83.6 Å². The van der Waals surface area contributed by atoms with Crippen molar-refractivity contribution < 1.29 is 14.3 Å². The van der Waals surface area contributed by atoms with Gasteiger partial charge in [0.1, 0.15) is 12.3 Å². The first-order valence-corrected chi connectivity index (χ1v) is 13.5.